The molecule has 2 aromatic rings. The van der Waals surface area contributed by atoms with Crippen molar-refractivity contribution in [3.8, 4) is 11.8 Å². The minimum absolute atomic E-state index is 0. The monoisotopic (exact) mass is 1240 g/mol. The van der Waals surface area contributed by atoms with Crippen LogP contribution in [-0.2, 0) is 29.3 Å². The molecule has 3 heteroatoms. The van der Waals surface area contributed by atoms with Crippen molar-refractivity contribution < 1.29 is 21.2 Å². The Kier molecular flexibility index (Phi) is 65.3. The average molecular weight is 1240 g/mol. The van der Waals surface area contributed by atoms with Crippen LogP contribution in [-0.4, -0.2) is 4.70 Å². The van der Waals surface area contributed by atoms with Gasteiger partial charge in [0.15, 0.2) is 0 Å². The van der Waals surface area contributed by atoms with Gasteiger partial charge >= 0.3 is 16.5 Å². The number of rotatable bonds is 59. The fourth-order valence-electron chi connectivity index (χ4n) is 12.5. The summed E-state index contributed by atoms with van der Waals surface area (Å²) in [6, 6.07) is 17.7. The summed E-state index contributed by atoms with van der Waals surface area (Å²) in [7, 11) is 0. The first-order chi connectivity index (χ1) is 42.5. The molecule has 0 spiro atoms. The molecule has 2 nitrogen and oxygen atoms in total. The van der Waals surface area contributed by atoms with E-state index >= 15 is 0 Å². The molecule has 0 fully saturated rings. The molecule has 0 bridgehead atoms. The molecule has 3 rings (SSSR count). The molecule has 0 atom stereocenters. The summed E-state index contributed by atoms with van der Waals surface area (Å²) in [5.41, 5.74) is 19.4. The number of nitrogens with zero attached hydrogens (tertiary/aromatic N) is 2. The van der Waals surface area contributed by atoms with E-state index in [4.69, 9.17) is 12.8 Å². The van der Waals surface area contributed by atoms with Crippen LogP contribution in [0.25, 0.3) is 16.9 Å². The van der Waals surface area contributed by atoms with Crippen molar-refractivity contribution in [2.24, 2.45) is 0 Å². The molecule has 1 heterocycles. The standard InChI is InChI=1S/C32H44N2.2C26H49.Ni/c1-4-7-10-13-16-30-25-31(28-21-17-26(18-22-28)14-11-8-5-2)34(33)32(30)29-23-19-27(20-24-29)15-12-9-6-3;2*1-3-5-7-9-11-13-15-17-19-21-23-25-26-24-22-20-18-16-14-12-10-8-6-4-2;/h17-25H,4-16H2,1-3H3;2*3,5-26H2,1H3;/q;2*-1;+2. The molecule has 87 heavy (non-hydrogen) atoms. The van der Waals surface area contributed by atoms with Gasteiger partial charge in [0.05, 0.1) is 0 Å². The molecule has 0 radical (unpaired) electrons. The van der Waals surface area contributed by atoms with E-state index < -0.39 is 0 Å². The van der Waals surface area contributed by atoms with Crippen molar-refractivity contribution in [2.75, 3.05) is 0 Å². The molecule has 1 aliphatic rings. The Hall–Kier alpha value is -2.87. The molecular formula is C84H142N2Ni. The Bertz CT molecular complexity index is 1850. The second-order valence-corrected chi connectivity index (χ2v) is 26.5. The number of benzene rings is 2. The summed E-state index contributed by atoms with van der Waals surface area (Å²) in [5, 5.41) is 0. The molecule has 2 aromatic carbocycles. The number of hydrogen-bond acceptors (Lipinski definition) is 0. The van der Waals surface area contributed by atoms with E-state index in [1.54, 1.807) is 0 Å². The van der Waals surface area contributed by atoms with Crippen molar-refractivity contribution in [2.45, 2.75) is 413 Å². The van der Waals surface area contributed by atoms with Gasteiger partial charge in [0.25, 0.3) is 0 Å². The normalized spacial score (nSPS) is 11.9. The van der Waals surface area contributed by atoms with Crippen LogP contribution in [0.15, 0.2) is 60.2 Å². The van der Waals surface area contributed by atoms with Crippen LogP contribution < -0.4 is 0 Å². The van der Waals surface area contributed by atoms with Crippen molar-refractivity contribution in [1.29, 1.82) is 0 Å². The van der Waals surface area contributed by atoms with E-state index in [0.717, 1.165) is 61.0 Å². The molecule has 0 saturated heterocycles. The van der Waals surface area contributed by atoms with Crippen LogP contribution in [0.2, 0.25) is 0 Å². The van der Waals surface area contributed by atoms with Gasteiger partial charge in [-0.3, -0.25) is 0 Å². The van der Waals surface area contributed by atoms with Gasteiger partial charge in [-0.1, -0.05) is 374 Å². The molecule has 0 amide bonds. The van der Waals surface area contributed by atoms with Gasteiger partial charge in [0.2, 0.25) is 11.4 Å². The van der Waals surface area contributed by atoms with Gasteiger partial charge in [-0.15, -0.1) is 0 Å². The number of hydrogen-bond donors (Lipinski definition) is 0. The fourth-order valence-corrected chi connectivity index (χ4v) is 12.5. The minimum Gasteiger partial charge on any atom is -0.694 e. The van der Waals surface area contributed by atoms with Gasteiger partial charge in [-0.05, 0) is 99.6 Å². The summed E-state index contributed by atoms with van der Waals surface area (Å²) >= 11 is 0. The molecule has 0 saturated carbocycles. The van der Waals surface area contributed by atoms with Crippen molar-refractivity contribution in [3.63, 3.8) is 0 Å². The minimum atomic E-state index is 0. The zero-order chi connectivity index (χ0) is 62.1. The predicted molar refractivity (Wildman–Crippen MR) is 385 cm³/mol. The Morgan fingerprint density at radius 2 is 0.506 bits per heavy atom. The maximum atomic E-state index is 11.3. The topological polar surface area (TPSA) is 25.3 Å². The van der Waals surface area contributed by atoms with Crippen LogP contribution in [0.3, 0.4) is 0 Å². The molecule has 0 unspecified atom stereocenters. The van der Waals surface area contributed by atoms with Crippen LogP contribution in [0.5, 0.6) is 0 Å². The summed E-state index contributed by atoms with van der Waals surface area (Å²) < 4.78 is 1.44. The molecule has 1 aliphatic heterocycles. The Balaban J connectivity index is 0.00000129. The number of allylic oxidation sites excluding steroid dienone is 2. The van der Waals surface area contributed by atoms with E-state index in [2.05, 4.69) is 101 Å². The summed E-state index contributed by atoms with van der Waals surface area (Å²) in [5.74, 6) is 4.96. The van der Waals surface area contributed by atoms with Gasteiger partial charge in [-0.25, -0.2) is 4.70 Å². The van der Waals surface area contributed by atoms with Gasteiger partial charge in [-0.2, -0.15) is 0 Å². The first-order valence-electron chi connectivity index (χ1n) is 38.4. The maximum absolute atomic E-state index is 11.3. The molecule has 498 valence electrons. The zero-order valence-corrected chi connectivity index (χ0v) is 59.6. The van der Waals surface area contributed by atoms with Gasteiger partial charge < -0.3 is 30.2 Å². The first-order valence-corrected chi connectivity index (χ1v) is 38.4. The van der Waals surface area contributed by atoms with E-state index in [1.807, 2.05) is 0 Å². The van der Waals surface area contributed by atoms with Crippen LogP contribution in [0.4, 0.5) is 0 Å². The summed E-state index contributed by atoms with van der Waals surface area (Å²) in [6.07, 6.45) is 96.4. The van der Waals surface area contributed by atoms with Crippen molar-refractivity contribution in [1.82, 2.24) is 0 Å². The molecular weight excluding hydrogens is 1100 g/mol. The van der Waals surface area contributed by atoms with Crippen LogP contribution in [0.1, 0.15) is 423 Å². The maximum Gasteiger partial charge on any atom is 2.00 e. The van der Waals surface area contributed by atoms with Crippen LogP contribution in [0, 0.1) is 24.7 Å². The van der Waals surface area contributed by atoms with Crippen molar-refractivity contribution >= 4 is 11.4 Å². The Labute approximate surface area is 555 Å². The summed E-state index contributed by atoms with van der Waals surface area (Å²) in [6.45, 7) is 11.3. The second-order valence-electron chi connectivity index (χ2n) is 26.5. The Morgan fingerprint density at radius 3 is 0.770 bits per heavy atom. The fraction of sp³-hybridized carbons (Fsp3) is 0.762. The van der Waals surface area contributed by atoms with E-state index in [-0.39, 0.29) is 16.5 Å². The third-order valence-electron chi connectivity index (χ3n) is 18.3. The van der Waals surface area contributed by atoms with E-state index in [0.29, 0.717) is 0 Å². The second kappa shape index (κ2) is 67.5. The van der Waals surface area contributed by atoms with Crippen molar-refractivity contribution in [3.05, 3.63) is 101 Å². The molecule has 0 aromatic heterocycles. The first kappa shape index (κ1) is 84.1. The largest absolute Gasteiger partial charge is 2.00 e. The van der Waals surface area contributed by atoms with E-state index in [9.17, 15) is 5.53 Å². The Morgan fingerprint density at radius 1 is 0.287 bits per heavy atom. The predicted octanol–water partition coefficient (Wildman–Crippen LogP) is 29.1. The SMILES string of the molecule is CCCCCCC1=C(c2ccc(CCCCC)cc2)[N+](=[N-])C(c2ccc(CCCCC)cc2)=C1.[C-]#CCCCCCCCCCCCCCCCCCCCCCCCC.[C-]#CCCCCCCCCCCCCCCCCCCCCCCCC.[Ni+2]. The quantitative estimate of drug-likeness (QED) is 0.0207. The third-order valence-corrected chi connectivity index (χ3v) is 18.3. The van der Waals surface area contributed by atoms with Gasteiger partial charge in [0, 0.05) is 22.8 Å². The number of unbranched alkanes of at least 4 members (excludes halogenated alkanes) is 51. The average Bonchev–Trinajstić information content (AvgIpc) is 2.12. The summed E-state index contributed by atoms with van der Waals surface area (Å²) in [4.78, 5) is 0. The van der Waals surface area contributed by atoms with Gasteiger partial charge in [0.1, 0.15) is 0 Å². The zero-order valence-electron chi connectivity index (χ0n) is 58.6. The third kappa shape index (κ3) is 51.4. The smallest absolute Gasteiger partial charge is 0.694 e. The number of aryl methyl sites for hydroxylation is 2. The van der Waals surface area contributed by atoms with E-state index in [1.165, 1.54) is 362 Å². The van der Waals surface area contributed by atoms with Crippen LogP contribution >= 0.6 is 0 Å². The molecule has 0 aliphatic carbocycles. The molecule has 0 N–H and O–H groups in total.